The van der Waals surface area contributed by atoms with Gasteiger partial charge in [0.05, 0.1) is 6.10 Å². The van der Waals surface area contributed by atoms with Crippen molar-refractivity contribution in [2.24, 2.45) is 11.3 Å². The van der Waals surface area contributed by atoms with Gasteiger partial charge in [-0.2, -0.15) is 0 Å². The van der Waals surface area contributed by atoms with Crippen molar-refractivity contribution in [3.63, 3.8) is 0 Å². The van der Waals surface area contributed by atoms with Crippen molar-refractivity contribution in [1.29, 1.82) is 0 Å². The molecule has 1 aliphatic heterocycles. The van der Waals surface area contributed by atoms with Crippen LogP contribution in [-0.4, -0.2) is 17.3 Å². The molecule has 2 aliphatic rings. The fourth-order valence-electron chi connectivity index (χ4n) is 3.18. The number of hydrogen-bond donors (Lipinski definition) is 1. The molecule has 2 nitrogen and oxygen atoms in total. The highest BCUT2D eigenvalue weighted by molar-refractivity contribution is 5.19. The molecule has 0 saturated carbocycles. The lowest BCUT2D eigenvalue weighted by atomic mass is 9.64. The first kappa shape index (κ1) is 11.0. The molecule has 2 heteroatoms. The SMILES string of the molecule is CC1=C(O)C2OC(C)CCC2C(C)(C)C1. The Morgan fingerprint density at radius 1 is 1.33 bits per heavy atom. The second-order valence-corrected chi connectivity index (χ2v) is 5.88. The second kappa shape index (κ2) is 3.51. The van der Waals surface area contributed by atoms with Gasteiger partial charge in [-0.05, 0) is 50.0 Å². The average Bonchev–Trinajstić information content (AvgIpc) is 2.13. The highest BCUT2D eigenvalue weighted by atomic mass is 16.5. The van der Waals surface area contributed by atoms with Gasteiger partial charge in [0.2, 0.25) is 0 Å². The Hall–Kier alpha value is -0.500. The summed E-state index contributed by atoms with van der Waals surface area (Å²) in [6, 6.07) is 0. The molecule has 3 atom stereocenters. The number of aliphatic hydroxyl groups is 1. The fraction of sp³-hybridized carbons (Fsp3) is 0.846. The van der Waals surface area contributed by atoms with Crippen LogP contribution in [0.3, 0.4) is 0 Å². The Balaban J connectivity index is 2.31. The molecule has 0 spiro atoms. The smallest absolute Gasteiger partial charge is 0.120 e. The zero-order chi connectivity index (χ0) is 11.2. The number of aliphatic hydroxyl groups excluding tert-OH is 1. The van der Waals surface area contributed by atoms with Gasteiger partial charge in [-0.15, -0.1) is 0 Å². The molecule has 0 amide bonds. The molecule has 3 unspecified atom stereocenters. The predicted molar refractivity (Wildman–Crippen MR) is 60.8 cm³/mol. The first-order valence-corrected chi connectivity index (χ1v) is 5.96. The van der Waals surface area contributed by atoms with Gasteiger partial charge in [-0.1, -0.05) is 13.8 Å². The molecule has 86 valence electrons. The highest BCUT2D eigenvalue weighted by Crippen LogP contribution is 2.48. The van der Waals surface area contributed by atoms with Crippen molar-refractivity contribution in [2.45, 2.75) is 59.2 Å². The van der Waals surface area contributed by atoms with E-state index in [4.69, 9.17) is 4.74 Å². The van der Waals surface area contributed by atoms with Crippen molar-refractivity contribution in [3.05, 3.63) is 11.3 Å². The molecular formula is C13H22O2. The lowest BCUT2D eigenvalue weighted by molar-refractivity contribution is -0.111. The van der Waals surface area contributed by atoms with Crippen LogP contribution >= 0.6 is 0 Å². The second-order valence-electron chi connectivity index (χ2n) is 5.88. The number of allylic oxidation sites excluding steroid dienone is 1. The van der Waals surface area contributed by atoms with E-state index in [9.17, 15) is 5.11 Å². The maximum atomic E-state index is 10.1. The summed E-state index contributed by atoms with van der Waals surface area (Å²) in [5.41, 5.74) is 1.37. The Morgan fingerprint density at radius 3 is 2.67 bits per heavy atom. The highest BCUT2D eigenvalue weighted by Gasteiger charge is 2.45. The van der Waals surface area contributed by atoms with Crippen LogP contribution in [0, 0.1) is 11.3 Å². The van der Waals surface area contributed by atoms with Gasteiger partial charge in [0.15, 0.2) is 0 Å². The first-order valence-electron chi connectivity index (χ1n) is 5.96. The van der Waals surface area contributed by atoms with Crippen LogP contribution in [0.4, 0.5) is 0 Å². The lowest BCUT2D eigenvalue weighted by Crippen LogP contribution is -2.46. The van der Waals surface area contributed by atoms with Crippen molar-refractivity contribution in [2.75, 3.05) is 0 Å². The zero-order valence-corrected chi connectivity index (χ0v) is 10.2. The van der Waals surface area contributed by atoms with E-state index >= 15 is 0 Å². The van der Waals surface area contributed by atoms with Gasteiger partial charge in [0.25, 0.3) is 0 Å². The predicted octanol–water partition coefficient (Wildman–Crippen LogP) is 3.43. The maximum Gasteiger partial charge on any atom is 0.120 e. The number of rotatable bonds is 0. The molecule has 0 aromatic carbocycles. The van der Waals surface area contributed by atoms with E-state index < -0.39 is 0 Å². The standard InChI is InChI=1S/C13H22O2/c1-8-7-13(3,4)10-6-5-9(2)15-12(10)11(8)14/h9-10,12,14H,5-7H2,1-4H3. The summed E-state index contributed by atoms with van der Waals surface area (Å²) in [7, 11) is 0. The van der Waals surface area contributed by atoms with Crippen LogP contribution in [0.1, 0.15) is 47.0 Å². The van der Waals surface area contributed by atoms with Crippen LogP contribution in [-0.2, 0) is 4.74 Å². The summed E-state index contributed by atoms with van der Waals surface area (Å²) in [6.07, 6.45) is 3.54. The molecule has 0 aromatic heterocycles. The normalized spacial score (nSPS) is 40.1. The Bertz CT molecular complexity index is 291. The van der Waals surface area contributed by atoms with Gasteiger partial charge < -0.3 is 9.84 Å². The third-order valence-corrected chi connectivity index (χ3v) is 4.06. The molecule has 0 aromatic rings. The monoisotopic (exact) mass is 210 g/mol. The topological polar surface area (TPSA) is 29.5 Å². The third kappa shape index (κ3) is 1.80. The minimum Gasteiger partial charge on any atom is -0.510 e. The number of ether oxygens (including phenoxy) is 1. The molecule has 0 bridgehead atoms. The largest absolute Gasteiger partial charge is 0.510 e. The number of fused-ring (bicyclic) bond motifs is 1. The molecule has 1 saturated heterocycles. The Kier molecular flexibility index (Phi) is 2.58. The number of hydrogen-bond acceptors (Lipinski definition) is 2. The molecule has 2 rings (SSSR count). The molecule has 1 heterocycles. The lowest BCUT2D eigenvalue weighted by Gasteiger charge is -2.47. The van der Waals surface area contributed by atoms with E-state index in [1.54, 1.807) is 0 Å². The molecule has 1 fully saturated rings. The fourth-order valence-corrected chi connectivity index (χ4v) is 3.18. The van der Waals surface area contributed by atoms with Gasteiger partial charge in [0.1, 0.15) is 11.9 Å². The summed E-state index contributed by atoms with van der Waals surface area (Å²) in [5, 5.41) is 10.1. The van der Waals surface area contributed by atoms with Gasteiger partial charge in [-0.3, -0.25) is 0 Å². The maximum absolute atomic E-state index is 10.1. The minimum atomic E-state index is -0.0440. The third-order valence-electron chi connectivity index (χ3n) is 4.06. The first-order chi connectivity index (χ1) is 6.92. The van der Waals surface area contributed by atoms with Crippen LogP contribution < -0.4 is 0 Å². The Labute approximate surface area is 92.3 Å². The van der Waals surface area contributed by atoms with Gasteiger partial charge in [0, 0.05) is 0 Å². The van der Waals surface area contributed by atoms with Crippen molar-refractivity contribution < 1.29 is 9.84 Å². The summed E-state index contributed by atoms with van der Waals surface area (Å²) in [5.74, 6) is 0.989. The van der Waals surface area contributed by atoms with Crippen LogP contribution in [0.5, 0.6) is 0 Å². The molecule has 1 aliphatic carbocycles. The summed E-state index contributed by atoms with van der Waals surface area (Å²) in [4.78, 5) is 0. The molecule has 0 radical (unpaired) electrons. The Morgan fingerprint density at radius 2 is 2.00 bits per heavy atom. The van der Waals surface area contributed by atoms with Crippen molar-refractivity contribution in [1.82, 2.24) is 0 Å². The quantitative estimate of drug-likeness (QED) is 0.663. The van der Waals surface area contributed by atoms with E-state index in [1.807, 2.05) is 6.92 Å². The van der Waals surface area contributed by atoms with E-state index in [1.165, 1.54) is 6.42 Å². The van der Waals surface area contributed by atoms with Crippen molar-refractivity contribution in [3.8, 4) is 0 Å². The summed E-state index contributed by atoms with van der Waals surface area (Å²) < 4.78 is 5.90. The molecule has 1 N–H and O–H groups in total. The van der Waals surface area contributed by atoms with Crippen LogP contribution in [0.2, 0.25) is 0 Å². The molecule has 15 heavy (non-hydrogen) atoms. The van der Waals surface area contributed by atoms with E-state index in [-0.39, 0.29) is 17.6 Å². The zero-order valence-electron chi connectivity index (χ0n) is 10.2. The van der Waals surface area contributed by atoms with Crippen LogP contribution in [0.25, 0.3) is 0 Å². The minimum absolute atomic E-state index is 0.0440. The summed E-state index contributed by atoms with van der Waals surface area (Å²) in [6.45, 7) is 8.70. The van der Waals surface area contributed by atoms with Crippen molar-refractivity contribution >= 4 is 0 Å². The van der Waals surface area contributed by atoms with E-state index in [2.05, 4.69) is 20.8 Å². The average molecular weight is 210 g/mol. The van der Waals surface area contributed by atoms with Gasteiger partial charge >= 0.3 is 0 Å². The van der Waals surface area contributed by atoms with Crippen LogP contribution in [0.15, 0.2) is 11.3 Å². The van der Waals surface area contributed by atoms with E-state index in [0.29, 0.717) is 11.7 Å². The molecular weight excluding hydrogens is 188 g/mol. The van der Waals surface area contributed by atoms with E-state index in [0.717, 1.165) is 18.4 Å². The van der Waals surface area contributed by atoms with Gasteiger partial charge in [-0.25, -0.2) is 0 Å². The summed E-state index contributed by atoms with van der Waals surface area (Å²) >= 11 is 0.